The smallest absolute Gasteiger partial charge is 0.139 e. The predicted octanol–water partition coefficient (Wildman–Crippen LogP) is 2.87. The minimum Gasteiger partial charge on any atom is -0.378 e. The molecule has 2 aliphatic heterocycles. The van der Waals surface area contributed by atoms with Gasteiger partial charge in [-0.05, 0) is 43.7 Å². The van der Waals surface area contributed by atoms with Gasteiger partial charge < -0.3 is 4.74 Å². The molecule has 2 unspecified atom stereocenters. The maximum absolute atomic E-state index is 13.8. The van der Waals surface area contributed by atoms with Crippen molar-refractivity contribution in [2.75, 3.05) is 26.3 Å². The van der Waals surface area contributed by atoms with Crippen LogP contribution in [0.2, 0.25) is 0 Å². The summed E-state index contributed by atoms with van der Waals surface area (Å²) in [6.45, 7) is 10.1. The first-order valence-corrected chi connectivity index (χ1v) is 6.94. The van der Waals surface area contributed by atoms with Gasteiger partial charge in [0.15, 0.2) is 0 Å². The zero-order valence-corrected chi connectivity index (χ0v) is 11.4. The van der Waals surface area contributed by atoms with Crippen molar-refractivity contribution in [1.82, 2.24) is 4.90 Å². The highest BCUT2D eigenvalue weighted by atomic mass is 19.1. The minimum absolute atomic E-state index is 0.115. The number of likely N-dealkylation sites (tertiary alicyclic amines) is 1. The highest BCUT2D eigenvalue weighted by molar-refractivity contribution is 4.87. The lowest BCUT2D eigenvalue weighted by molar-refractivity contribution is -0.0414. The van der Waals surface area contributed by atoms with Gasteiger partial charge in [0, 0.05) is 12.6 Å². The predicted molar refractivity (Wildman–Crippen MR) is 67.9 cm³/mol. The van der Waals surface area contributed by atoms with Crippen molar-refractivity contribution in [1.29, 1.82) is 0 Å². The second kappa shape index (κ2) is 5.23. The molecule has 0 aromatic carbocycles. The SMILES string of the molecule is CC(C)(C)C1CCN(C2CCOCC2F)CC1. The van der Waals surface area contributed by atoms with Crippen LogP contribution in [0, 0.1) is 11.3 Å². The van der Waals surface area contributed by atoms with Crippen LogP contribution in [0.15, 0.2) is 0 Å². The van der Waals surface area contributed by atoms with Crippen LogP contribution in [0.5, 0.6) is 0 Å². The van der Waals surface area contributed by atoms with E-state index in [9.17, 15) is 4.39 Å². The first kappa shape index (κ1) is 13.3. The maximum atomic E-state index is 13.8. The molecule has 2 nitrogen and oxygen atoms in total. The zero-order valence-electron chi connectivity index (χ0n) is 11.4. The molecule has 0 N–H and O–H groups in total. The third kappa shape index (κ3) is 3.19. The molecule has 2 atom stereocenters. The van der Waals surface area contributed by atoms with Crippen LogP contribution in [0.3, 0.4) is 0 Å². The zero-order chi connectivity index (χ0) is 12.5. The van der Waals surface area contributed by atoms with Crippen molar-refractivity contribution in [2.45, 2.75) is 52.2 Å². The van der Waals surface area contributed by atoms with Gasteiger partial charge in [-0.15, -0.1) is 0 Å². The molecule has 17 heavy (non-hydrogen) atoms. The molecule has 0 aromatic rings. The fraction of sp³-hybridized carbons (Fsp3) is 1.00. The van der Waals surface area contributed by atoms with Crippen molar-refractivity contribution in [2.24, 2.45) is 11.3 Å². The van der Waals surface area contributed by atoms with E-state index in [0.29, 0.717) is 12.0 Å². The summed E-state index contributed by atoms with van der Waals surface area (Å²) >= 11 is 0. The fourth-order valence-corrected chi connectivity index (χ4v) is 3.20. The lowest BCUT2D eigenvalue weighted by Gasteiger charge is -2.43. The van der Waals surface area contributed by atoms with Gasteiger partial charge in [0.1, 0.15) is 6.17 Å². The Bertz CT molecular complexity index is 243. The Kier molecular flexibility index (Phi) is 4.09. The molecule has 0 saturated carbocycles. The van der Waals surface area contributed by atoms with Crippen LogP contribution < -0.4 is 0 Å². The molecule has 0 radical (unpaired) electrons. The number of piperidine rings is 1. The molecule has 0 amide bonds. The number of nitrogens with zero attached hydrogens (tertiary/aromatic N) is 1. The number of alkyl halides is 1. The minimum atomic E-state index is -0.782. The summed E-state index contributed by atoms with van der Waals surface area (Å²) in [4.78, 5) is 2.36. The van der Waals surface area contributed by atoms with E-state index in [1.807, 2.05) is 0 Å². The Morgan fingerprint density at radius 2 is 1.76 bits per heavy atom. The van der Waals surface area contributed by atoms with Crippen LogP contribution in [0.25, 0.3) is 0 Å². The lowest BCUT2D eigenvalue weighted by Crippen LogP contribution is -2.51. The van der Waals surface area contributed by atoms with Gasteiger partial charge >= 0.3 is 0 Å². The number of hydrogen-bond acceptors (Lipinski definition) is 2. The highest BCUT2D eigenvalue weighted by Gasteiger charge is 2.35. The standard InChI is InChI=1S/C14H26FNO/c1-14(2,3)11-4-7-16(8-5-11)13-6-9-17-10-12(13)15/h11-13H,4-10H2,1-3H3. The quantitative estimate of drug-likeness (QED) is 0.702. The first-order chi connectivity index (χ1) is 7.98. The summed E-state index contributed by atoms with van der Waals surface area (Å²) in [5, 5.41) is 0. The van der Waals surface area contributed by atoms with Gasteiger partial charge in [-0.1, -0.05) is 20.8 Å². The van der Waals surface area contributed by atoms with E-state index in [0.717, 1.165) is 32.0 Å². The van der Waals surface area contributed by atoms with Crippen LogP contribution in [0.1, 0.15) is 40.0 Å². The molecule has 2 rings (SSSR count). The second-order valence-electron chi connectivity index (χ2n) is 6.62. The van der Waals surface area contributed by atoms with Gasteiger partial charge in [0.2, 0.25) is 0 Å². The molecule has 0 spiro atoms. The Morgan fingerprint density at radius 1 is 1.12 bits per heavy atom. The van der Waals surface area contributed by atoms with Crippen molar-refractivity contribution in [3.8, 4) is 0 Å². The van der Waals surface area contributed by atoms with Gasteiger partial charge in [0.05, 0.1) is 6.61 Å². The van der Waals surface area contributed by atoms with Crippen LogP contribution in [-0.4, -0.2) is 43.4 Å². The third-order valence-corrected chi connectivity index (χ3v) is 4.48. The van der Waals surface area contributed by atoms with Gasteiger partial charge in [-0.2, -0.15) is 0 Å². The molecule has 2 heterocycles. The normalized spacial score (nSPS) is 33.9. The highest BCUT2D eigenvalue weighted by Crippen LogP contribution is 2.35. The van der Waals surface area contributed by atoms with Crippen LogP contribution >= 0.6 is 0 Å². The molecule has 2 aliphatic rings. The summed E-state index contributed by atoms with van der Waals surface area (Å²) in [5.74, 6) is 0.789. The van der Waals surface area contributed by atoms with E-state index in [1.165, 1.54) is 12.8 Å². The van der Waals surface area contributed by atoms with Crippen molar-refractivity contribution >= 4 is 0 Å². The number of hydrogen-bond donors (Lipinski definition) is 0. The van der Waals surface area contributed by atoms with Crippen LogP contribution in [-0.2, 0) is 4.74 Å². The van der Waals surface area contributed by atoms with Gasteiger partial charge in [-0.3, -0.25) is 4.90 Å². The largest absolute Gasteiger partial charge is 0.378 e. The van der Waals surface area contributed by atoms with E-state index >= 15 is 0 Å². The van der Waals surface area contributed by atoms with Gasteiger partial charge in [0.25, 0.3) is 0 Å². The monoisotopic (exact) mass is 243 g/mol. The molecule has 100 valence electrons. The molecular weight excluding hydrogens is 217 g/mol. The average Bonchev–Trinajstić information content (AvgIpc) is 2.29. The Hall–Kier alpha value is -0.150. The molecule has 3 heteroatoms. The van der Waals surface area contributed by atoms with Gasteiger partial charge in [-0.25, -0.2) is 4.39 Å². The summed E-state index contributed by atoms with van der Waals surface area (Å²) in [6, 6.07) is 0.115. The van der Waals surface area contributed by atoms with E-state index in [-0.39, 0.29) is 6.04 Å². The van der Waals surface area contributed by atoms with Crippen molar-refractivity contribution < 1.29 is 9.13 Å². The van der Waals surface area contributed by atoms with Crippen molar-refractivity contribution in [3.63, 3.8) is 0 Å². The van der Waals surface area contributed by atoms with E-state index in [1.54, 1.807) is 0 Å². The Labute approximate surface area is 105 Å². The average molecular weight is 243 g/mol. The first-order valence-electron chi connectivity index (χ1n) is 6.94. The summed E-state index contributed by atoms with van der Waals surface area (Å²) in [5.41, 5.74) is 0.400. The third-order valence-electron chi connectivity index (χ3n) is 4.48. The van der Waals surface area contributed by atoms with E-state index in [2.05, 4.69) is 25.7 Å². The molecule has 0 aromatic heterocycles. The molecule has 2 fully saturated rings. The topological polar surface area (TPSA) is 12.5 Å². The summed E-state index contributed by atoms with van der Waals surface area (Å²) in [7, 11) is 0. The summed E-state index contributed by atoms with van der Waals surface area (Å²) < 4.78 is 19.0. The molecule has 2 saturated heterocycles. The van der Waals surface area contributed by atoms with E-state index in [4.69, 9.17) is 4.74 Å². The number of rotatable bonds is 1. The van der Waals surface area contributed by atoms with E-state index < -0.39 is 6.17 Å². The summed E-state index contributed by atoms with van der Waals surface area (Å²) in [6.07, 6.45) is 2.51. The maximum Gasteiger partial charge on any atom is 0.139 e. The second-order valence-corrected chi connectivity index (χ2v) is 6.62. The molecule has 0 aliphatic carbocycles. The van der Waals surface area contributed by atoms with Crippen LogP contribution in [0.4, 0.5) is 4.39 Å². The Balaban J connectivity index is 1.86. The molecule has 0 bridgehead atoms. The number of ether oxygens (including phenoxy) is 1. The fourth-order valence-electron chi connectivity index (χ4n) is 3.20. The number of halogens is 1. The Morgan fingerprint density at radius 3 is 2.29 bits per heavy atom. The lowest BCUT2D eigenvalue weighted by atomic mass is 9.75. The molecular formula is C14H26FNO. The van der Waals surface area contributed by atoms with Crippen molar-refractivity contribution in [3.05, 3.63) is 0 Å².